The molecule has 2 rings (SSSR count). The number of ether oxygens (including phenoxy) is 1. The third-order valence-corrected chi connectivity index (χ3v) is 3.57. The Hall–Kier alpha value is -3.42. The van der Waals surface area contributed by atoms with Gasteiger partial charge in [-0.25, -0.2) is 0 Å². The number of carbonyl (C=O) groups excluding carboxylic acids is 2. The molecule has 25 heavy (non-hydrogen) atoms. The average Bonchev–Trinajstić information content (AvgIpc) is 2.61. The molecule has 2 amide bonds. The fraction of sp³-hybridized carbons (Fsp3) is 0.176. The number of hydrogen-bond acceptors (Lipinski definition) is 5. The molecule has 0 bridgehead atoms. The Morgan fingerprint density at radius 1 is 1.24 bits per heavy atom. The van der Waals surface area contributed by atoms with Gasteiger partial charge in [-0.15, -0.1) is 0 Å². The lowest BCUT2D eigenvalue weighted by Gasteiger charge is -2.16. The number of methoxy groups -OCH3 is 1. The topological polar surface area (TPSA) is 125 Å². The number of nitro groups is 1. The number of amides is 2. The summed E-state index contributed by atoms with van der Waals surface area (Å²) >= 11 is 0. The van der Waals surface area contributed by atoms with Gasteiger partial charge in [-0.3, -0.25) is 19.7 Å². The largest absolute Gasteiger partial charge is 0.497 e. The zero-order valence-electron chi connectivity index (χ0n) is 13.5. The molecule has 0 aromatic heterocycles. The van der Waals surface area contributed by atoms with Crippen LogP contribution >= 0.6 is 0 Å². The molecular formula is C17H17N3O5. The van der Waals surface area contributed by atoms with Crippen LogP contribution in [0.3, 0.4) is 0 Å². The standard InChI is InChI=1S/C17H17N3O5/c1-25-14-7-5-11(6-8-14)9-15(16(18)21)19-17(22)12-3-2-4-13(10-12)20(23)24/h2-8,10,15H,9H2,1H3,(H2,18,21)(H,19,22)/t15-/m0/s1. The molecule has 2 aromatic rings. The normalized spacial score (nSPS) is 11.4. The van der Waals surface area contributed by atoms with Gasteiger partial charge in [0.25, 0.3) is 11.6 Å². The van der Waals surface area contributed by atoms with Crippen molar-refractivity contribution in [1.29, 1.82) is 0 Å². The van der Waals surface area contributed by atoms with Gasteiger partial charge in [0.2, 0.25) is 5.91 Å². The van der Waals surface area contributed by atoms with E-state index < -0.39 is 22.8 Å². The maximum Gasteiger partial charge on any atom is 0.270 e. The van der Waals surface area contributed by atoms with Gasteiger partial charge in [-0.1, -0.05) is 18.2 Å². The number of carbonyl (C=O) groups is 2. The lowest BCUT2D eigenvalue weighted by molar-refractivity contribution is -0.384. The molecule has 0 radical (unpaired) electrons. The molecule has 0 spiro atoms. The minimum Gasteiger partial charge on any atom is -0.497 e. The lowest BCUT2D eigenvalue weighted by Crippen LogP contribution is -2.45. The van der Waals surface area contributed by atoms with E-state index in [9.17, 15) is 19.7 Å². The molecule has 0 fully saturated rings. The summed E-state index contributed by atoms with van der Waals surface area (Å²) in [5.74, 6) is -0.643. The summed E-state index contributed by atoms with van der Waals surface area (Å²) in [6.45, 7) is 0. The molecule has 0 aliphatic rings. The van der Waals surface area contributed by atoms with E-state index in [1.165, 1.54) is 18.2 Å². The number of nitrogens with one attached hydrogen (secondary N) is 1. The van der Waals surface area contributed by atoms with Crippen LogP contribution in [0.4, 0.5) is 5.69 Å². The molecule has 3 N–H and O–H groups in total. The Labute approximate surface area is 143 Å². The zero-order chi connectivity index (χ0) is 18.4. The molecule has 1 atom stereocenters. The summed E-state index contributed by atoms with van der Waals surface area (Å²) in [4.78, 5) is 34.1. The van der Waals surface area contributed by atoms with Crippen LogP contribution in [0.25, 0.3) is 0 Å². The molecule has 0 saturated heterocycles. The fourth-order valence-electron chi connectivity index (χ4n) is 2.22. The second kappa shape index (κ2) is 7.91. The van der Waals surface area contributed by atoms with Gasteiger partial charge in [0.15, 0.2) is 0 Å². The van der Waals surface area contributed by atoms with Crippen molar-refractivity contribution >= 4 is 17.5 Å². The molecular weight excluding hydrogens is 326 g/mol. The molecule has 2 aromatic carbocycles. The van der Waals surface area contributed by atoms with Crippen LogP contribution in [-0.2, 0) is 11.2 Å². The summed E-state index contributed by atoms with van der Waals surface area (Å²) < 4.78 is 5.06. The Bertz CT molecular complexity index is 789. The van der Waals surface area contributed by atoms with Gasteiger partial charge in [0.05, 0.1) is 12.0 Å². The number of nitrogens with two attached hydrogens (primary N) is 1. The average molecular weight is 343 g/mol. The van der Waals surface area contributed by atoms with Crippen molar-refractivity contribution in [2.24, 2.45) is 5.73 Å². The number of non-ortho nitro benzene ring substituents is 1. The quantitative estimate of drug-likeness (QED) is 0.581. The third kappa shape index (κ3) is 4.77. The van der Waals surface area contributed by atoms with Gasteiger partial charge in [-0.2, -0.15) is 0 Å². The Morgan fingerprint density at radius 3 is 2.48 bits per heavy atom. The highest BCUT2D eigenvalue weighted by molar-refractivity contribution is 5.97. The SMILES string of the molecule is COc1ccc(C[C@H](NC(=O)c2cccc([N+](=O)[O-])c2)C(N)=O)cc1. The highest BCUT2D eigenvalue weighted by Crippen LogP contribution is 2.15. The van der Waals surface area contributed by atoms with Crippen molar-refractivity contribution in [1.82, 2.24) is 5.32 Å². The summed E-state index contributed by atoms with van der Waals surface area (Å²) in [5, 5.41) is 13.3. The third-order valence-electron chi connectivity index (χ3n) is 3.57. The van der Waals surface area contributed by atoms with Crippen LogP contribution < -0.4 is 15.8 Å². The number of primary amides is 1. The summed E-state index contributed by atoms with van der Waals surface area (Å²) in [6.07, 6.45) is 0.194. The molecule has 0 saturated carbocycles. The number of nitro benzene ring substituents is 1. The van der Waals surface area contributed by atoms with Gasteiger partial charge >= 0.3 is 0 Å². The highest BCUT2D eigenvalue weighted by Gasteiger charge is 2.20. The minimum absolute atomic E-state index is 0.0789. The van der Waals surface area contributed by atoms with Gasteiger partial charge in [0, 0.05) is 24.1 Å². The van der Waals surface area contributed by atoms with Crippen LogP contribution in [0.1, 0.15) is 15.9 Å². The molecule has 8 heteroatoms. The van der Waals surface area contributed by atoms with Crippen LogP contribution in [0, 0.1) is 10.1 Å². The predicted octanol–water partition coefficient (Wildman–Crippen LogP) is 1.43. The fourth-order valence-corrected chi connectivity index (χ4v) is 2.22. The zero-order valence-corrected chi connectivity index (χ0v) is 13.5. The summed E-state index contributed by atoms with van der Waals surface area (Å²) in [6, 6.07) is 11.3. The monoisotopic (exact) mass is 343 g/mol. The van der Waals surface area contributed by atoms with E-state index in [1.807, 2.05) is 0 Å². The Kier molecular flexibility index (Phi) is 5.67. The van der Waals surface area contributed by atoms with Crippen molar-refractivity contribution in [2.75, 3.05) is 7.11 Å². The predicted molar refractivity (Wildman–Crippen MR) is 90.2 cm³/mol. The first-order valence-corrected chi connectivity index (χ1v) is 7.38. The van der Waals surface area contributed by atoms with Gasteiger partial charge in [0.1, 0.15) is 11.8 Å². The molecule has 0 unspecified atom stereocenters. The number of nitrogens with zero attached hydrogens (tertiary/aromatic N) is 1. The van der Waals surface area contributed by atoms with Gasteiger partial charge < -0.3 is 15.8 Å². The number of benzene rings is 2. The smallest absolute Gasteiger partial charge is 0.270 e. The van der Waals surface area contributed by atoms with Crippen molar-refractivity contribution in [3.8, 4) is 5.75 Å². The summed E-state index contributed by atoms with van der Waals surface area (Å²) in [5.41, 5.74) is 6.01. The second-order valence-corrected chi connectivity index (χ2v) is 5.29. The molecule has 130 valence electrons. The van der Waals surface area contributed by atoms with Crippen molar-refractivity contribution in [2.45, 2.75) is 12.5 Å². The van der Waals surface area contributed by atoms with Crippen molar-refractivity contribution in [3.05, 3.63) is 69.8 Å². The van der Waals surface area contributed by atoms with Crippen LogP contribution in [-0.4, -0.2) is 29.9 Å². The molecule has 0 heterocycles. The first-order valence-electron chi connectivity index (χ1n) is 7.38. The van der Waals surface area contributed by atoms with E-state index in [4.69, 9.17) is 10.5 Å². The Balaban J connectivity index is 2.12. The lowest BCUT2D eigenvalue weighted by atomic mass is 10.0. The van der Waals surface area contributed by atoms with Crippen molar-refractivity contribution < 1.29 is 19.2 Å². The van der Waals surface area contributed by atoms with Crippen molar-refractivity contribution in [3.63, 3.8) is 0 Å². The van der Waals surface area contributed by atoms with E-state index in [0.29, 0.717) is 5.75 Å². The number of rotatable bonds is 7. The van der Waals surface area contributed by atoms with E-state index in [1.54, 1.807) is 31.4 Å². The van der Waals surface area contributed by atoms with Crippen LogP contribution in [0.15, 0.2) is 48.5 Å². The van der Waals surface area contributed by atoms with E-state index >= 15 is 0 Å². The molecule has 8 nitrogen and oxygen atoms in total. The summed E-state index contributed by atoms with van der Waals surface area (Å²) in [7, 11) is 1.54. The second-order valence-electron chi connectivity index (χ2n) is 5.29. The first-order chi connectivity index (χ1) is 11.9. The molecule has 0 aliphatic heterocycles. The maximum absolute atomic E-state index is 12.3. The number of hydrogen-bond donors (Lipinski definition) is 2. The van der Waals surface area contributed by atoms with E-state index in [0.717, 1.165) is 11.6 Å². The van der Waals surface area contributed by atoms with Crippen LogP contribution in [0.5, 0.6) is 5.75 Å². The Morgan fingerprint density at radius 2 is 1.92 bits per heavy atom. The highest BCUT2D eigenvalue weighted by atomic mass is 16.6. The molecule has 0 aliphatic carbocycles. The van der Waals surface area contributed by atoms with Gasteiger partial charge in [-0.05, 0) is 23.8 Å². The van der Waals surface area contributed by atoms with E-state index in [-0.39, 0.29) is 17.7 Å². The minimum atomic E-state index is -0.944. The van der Waals surface area contributed by atoms with Crippen LogP contribution in [0.2, 0.25) is 0 Å². The first kappa shape index (κ1) is 17.9. The van der Waals surface area contributed by atoms with E-state index in [2.05, 4.69) is 5.32 Å². The maximum atomic E-state index is 12.3.